The van der Waals surface area contributed by atoms with Gasteiger partial charge in [0.15, 0.2) is 5.60 Å². The normalized spacial score (nSPS) is 20.4. The Morgan fingerprint density at radius 3 is 2.00 bits per heavy atom. The standard InChI is InChI=1S/C5H10O4/c1-3(6)5(2,9)4(7)8/h3,6,9H,1-2H3,(H,7,8). The van der Waals surface area contributed by atoms with E-state index in [0.717, 1.165) is 6.92 Å². The zero-order valence-corrected chi connectivity index (χ0v) is 5.33. The van der Waals surface area contributed by atoms with E-state index < -0.39 is 17.7 Å². The molecule has 0 amide bonds. The first-order valence-corrected chi connectivity index (χ1v) is 2.53. The zero-order chi connectivity index (χ0) is 7.65. The summed E-state index contributed by atoms with van der Waals surface area (Å²) in [4.78, 5) is 10.1. The predicted molar refractivity (Wildman–Crippen MR) is 29.9 cm³/mol. The summed E-state index contributed by atoms with van der Waals surface area (Å²) >= 11 is 0. The lowest BCUT2D eigenvalue weighted by Gasteiger charge is -2.20. The van der Waals surface area contributed by atoms with Gasteiger partial charge in [-0.25, -0.2) is 4.79 Å². The number of hydrogen-bond donors (Lipinski definition) is 3. The first-order chi connectivity index (χ1) is 3.89. The van der Waals surface area contributed by atoms with Crippen molar-refractivity contribution in [1.29, 1.82) is 0 Å². The van der Waals surface area contributed by atoms with Crippen molar-refractivity contribution in [2.45, 2.75) is 25.6 Å². The van der Waals surface area contributed by atoms with Crippen molar-refractivity contribution in [2.24, 2.45) is 0 Å². The number of carboxylic acid groups (broad SMARTS) is 1. The maximum absolute atomic E-state index is 10.1. The van der Waals surface area contributed by atoms with Gasteiger partial charge in [-0.05, 0) is 13.8 Å². The highest BCUT2D eigenvalue weighted by Crippen LogP contribution is 2.08. The third-order valence-electron chi connectivity index (χ3n) is 1.25. The Balaban J connectivity index is 4.19. The van der Waals surface area contributed by atoms with Gasteiger partial charge in [0, 0.05) is 0 Å². The van der Waals surface area contributed by atoms with Gasteiger partial charge in [-0.1, -0.05) is 0 Å². The third-order valence-corrected chi connectivity index (χ3v) is 1.25. The highest BCUT2D eigenvalue weighted by atomic mass is 16.4. The SMILES string of the molecule is CC(O)C(C)(O)C(=O)O. The van der Waals surface area contributed by atoms with Crippen LogP contribution in [-0.4, -0.2) is 33.0 Å². The molecule has 3 N–H and O–H groups in total. The van der Waals surface area contributed by atoms with Crippen LogP contribution in [0.5, 0.6) is 0 Å². The minimum Gasteiger partial charge on any atom is -0.479 e. The quantitative estimate of drug-likeness (QED) is 0.462. The second-order valence-corrected chi connectivity index (χ2v) is 2.13. The summed E-state index contributed by atoms with van der Waals surface area (Å²) in [6, 6.07) is 0. The lowest BCUT2D eigenvalue weighted by molar-refractivity contribution is -0.167. The Bertz CT molecular complexity index is 116. The second-order valence-electron chi connectivity index (χ2n) is 2.13. The summed E-state index contributed by atoms with van der Waals surface area (Å²) in [5.41, 5.74) is -2.03. The van der Waals surface area contributed by atoms with Crippen molar-refractivity contribution in [2.75, 3.05) is 0 Å². The summed E-state index contributed by atoms with van der Waals surface area (Å²) in [7, 11) is 0. The highest BCUT2D eigenvalue weighted by molar-refractivity contribution is 5.77. The van der Waals surface area contributed by atoms with E-state index in [1.54, 1.807) is 0 Å². The predicted octanol–water partition coefficient (Wildman–Crippen LogP) is -0.797. The fourth-order valence-electron chi connectivity index (χ4n) is 0.179. The van der Waals surface area contributed by atoms with Gasteiger partial charge in [-0.2, -0.15) is 0 Å². The van der Waals surface area contributed by atoms with Crippen molar-refractivity contribution in [3.63, 3.8) is 0 Å². The molecule has 9 heavy (non-hydrogen) atoms. The molecule has 0 bridgehead atoms. The van der Waals surface area contributed by atoms with Gasteiger partial charge in [0.2, 0.25) is 0 Å². The fourth-order valence-corrected chi connectivity index (χ4v) is 0.179. The Morgan fingerprint density at radius 2 is 2.00 bits per heavy atom. The van der Waals surface area contributed by atoms with Gasteiger partial charge in [0.1, 0.15) is 0 Å². The minimum absolute atomic E-state index is 1.04. The average Bonchev–Trinajstić information content (AvgIpc) is 1.65. The molecule has 4 nitrogen and oxygen atoms in total. The van der Waals surface area contributed by atoms with Crippen molar-refractivity contribution in [3.05, 3.63) is 0 Å². The molecule has 2 atom stereocenters. The molecule has 0 aliphatic carbocycles. The molecule has 0 saturated carbocycles. The van der Waals surface area contributed by atoms with Gasteiger partial charge in [-0.15, -0.1) is 0 Å². The fraction of sp³-hybridized carbons (Fsp3) is 0.800. The van der Waals surface area contributed by atoms with Gasteiger partial charge in [0.25, 0.3) is 0 Å². The topological polar surface area (TPSA) is 77.8 Å². The van der Waals surface area contributed by atoms with Crippen LogP contribution in [0.3, 0.4) is 0 Å². The molecular formula is C5H10O4. The van der Waals surface area contributed by atoms with Crippen LogP contribution in [0.1, 0.15) is 13.8 Å². The molecule has 0 radical (unpaired) electrons. The van der Waals surface area contributed by atoms with Crippen LogP contribution in [0.4, 0.5) is 0 Å². The van der Waals surface area contributed by atoms with Crippen molar-refractivity contribution >= 4 is 5.97 Å². The molecule has 0 heterocycles. The molecule has 0 aromatic carbocycles. The Morgan fingerprint density at radius 1 is 1.67 bits per heavy atom. The number of rotatable bonds is 2. The lowest BCUT2D eigenvalue weighted by atomic mass is 10.0. The summed E-state index contributed by atoms with van der Waals surface area (Å²) < 4.78 is 0. The van der Waals surface area contributed by atoms with Crippen molar-refractivity contribution in [1.82, 2.24) is 0 Å². The van der Waals surface area contributed by atoms with Crippen molar-refractivity contribution < 1.29 is 20.1 Å². The first kappa shape index (κ1) is 8.39. The molecule has 0 fully saturated rings. The molecular weight excluding hydrogens is 124 g/mol. The van der Waals surface area contributed by atoms with Crippen LogP contribution in [0, 0.1) is 0 Å². The molecule has 0 aliphatic rings. The number of aliphatic hydroxyl groups is 2. The maximum atomic E-state index is 10.1. The molecule has 0 aromatic rings. The highest BCUT2D eigenvalue weighted by Gasteiger charge is 2.35. The minimum atomic E-state index is -2.03. The second kappa shape index (κ2) is 2.33. The van der Waals surface area contributed by atoms with Crippen LogP contribution < -0.4 is 0 Å². The summed E-state index contributed by atoms with van der Waals surface area (Å²) in [5.74, 6) is -1.42. The van der Waals surface area contributed by atoms with E-state index in [4.69, 9.17) is 15.3 Å². The monoisotopic (exact) mass is 134 g/mol. The lowest BCUT2D eigenvalue weighted by Crippen LogP contribution is -2.44. The number of hydrogen-bond acceptors (Lipinski definition) is 3. The Kier molecular flexibility index (Phi) is 2.17. The third kappa shape index (κ3) is 1.65. The van der Waals surface area contributed by atoms with Crippen LogP contribution in [0.25, 0.3) is 0 Å². The smallest absolute Gasteiger partial charge is 0.338 e. The Hall–Kier alpha value is -0.610. The van der Waals surface area contributed by atoms with Crippen LogP contribution in [-0.2, 0) is 4.79 Å². The van der Waals surface area contributed by atoms with E-state index in [0.29, 0.717) is 0 Å². The molecule has 0 spiro atoms. The first-order valence-electron chi connectivity index (χ1n) is 2.53. The van der Waals surface area contributed by atoms with Gasteiger partial charge in [-0.3, -0.25) is 0 Å². The van der Waals surface area contributed by atoms with E-state index >= 15 is 0 Å². The summed E-state index contributed by atoms with van der Waals surface area (Å²) in [5, 5.41) is 25.6. The van der Waals surface area contributed by atoms with Gasteiger partial charge < -0.3 is 15.3 Å². The number of aliphatic hydroxyl groups excluding tert-OH is 1. The molecule has 0 saturated heterocycles. The van der Waals surface area contributed by atoms with E-state index in [1.807, 2.05) is 0 Å². The van der Waals surface area contributed by atoms with E-state index in [1.165, 1.54) is 6.92 Å². The molecule has 0 aliphatic heterocycles. The van der Waals surface area contributed by atoms with Gasteiger partial charge >= 0.3 is 5.97 Å². The van der Waals surface area contributed by atoms with Crippen molar-refractivity contribution in [3.8, 4) is 0 Å². The number of carboxylic acids is 1. The van der Waals surface area contributed by atoms with E-state index in [9.17, 15) is 4.79 Å². The largest absolute Gasteiger partial charge is 0.479 e. The average molecular weight is 134 g/mol. The van der Waals surface area contributed by atoms with Crippen LogP contribution in [0.15, 0.2) is 0 Å². The number of aliphatic carboxylic acids is 1. The molecule has 0 aromatic heterocycles. The van der Waals surface area contributed by atoms with Crippen LogP contribution >= 0.6 is 0 Å². The molecule has 0 rings (SSSR count). The molecule has 2 unspecified atom stereocenters. The van der Waals surface area contributed by atoms with Crippen LogP contribution in [0.2, 0.25) is 0 Å². The molecule has 54 valence electrons. The van der Waals surface area contributed by atoms with Gasteiger partial charge in [0.05, 0.1) is 6.10 Å². The maximum Gasteiger partial charge on any atom is 0.338 e. The zero-order valence-electron chi connectivity index (χ0n) is 5.33. The van der Waals surface area contributed by atoms with E-state index in [2.05, 4.69) is 0 Å². The molecule has 4 heteroatoms. The summed E-state index contributed by atoms with van der Waals surface area (Å²) in [6.45, 7) is 2.26. The Labute approximate surface area is 52.7 Å². The summed E-state index contributed by atoms with van der Waals surface area (Å²) in [6.07, 6.45) is -1.25. The van der Waals surface area contributed by atoms with E-state index in [-0.39, 0.29) is 0 Å². The number of carbonyl (C=O) groups is 1.